The summed E-state index contributed by atoms with van der Waals surface area (Å²) < 4.78 is 44.5. The van der Waals surface area contributed by atoms with Crippen LogP contribution in [0.4, 0.5) is 5.69 Å². The van der Waals surface area contributed by atoms with Crippen LogP contribution in [-0.4, -0.2) is 60.3 Å². The van der Waals surface area contributed by atoms with Crippen LogP contribution in [0.3, 0.4) is 0 Å². The molecule has 0 fully saturated rings. The van der Waals surface area contributed by atoms with Crippen molar-refractivity contribution in [3.05, 3.63) is 42.6 Å². The highest BCUT2D eigenvalue weighted by Gasteiger charge is 2.22. The quantitative estimate of drug-likeness (QED) is 0.550. The lowest BCUT2D eigenvalue weighted by Crippen LogP contribution is -2.33. The molecule has 10 heteroatoms. The molecule has 3 rings (SSSR count). The molecule has 0 spiro atoms. The van der Waals surface area contributed by atoms with Crippen LogP contribution in [-0.2, 0) is 25.9 Å². The highest BCUT2D eigenvalue weighted by atomic mass is 32.2. The number of aromatic nitrogens is 3. The molecule has 1 aromatic carbocycles. The highest BCUT2D eigenvalue weighted by Crippen LogP contribution is 2.33. The van der Waals surface area contributed by atoms with E-state index in [0.29, 0.717) is 16.9 Å². The highest BCUT2D eigenvalue weighted by molar-refractivity contribution is 7.92. The fourth-order valence-electron chi connectivity index (χ4n) is 2.77. The lowest BCUT2D eigenvalue weighted by Gasteiger charge is -2.24. The van der Waals surface area contributed by atoms with Crippen LogP contribution in [0.25, 0.3) is 16.8 Å². The summed E-state index contributed by atoms with van der Waals surface area (Å²) in [6.07, 6.45) is 4.26. The molecule has 2 heterocycles. The second kappa shape index (κ2) is 7.85. The molecule has 27 heavy (non-hydrogen) atoms. The van der Waals surface area contributed by atoms with Gasteiger partial charge in [-0.15, -0.1) is 0 Å². The molecule has 8 nitrogen and oxygen atoms in total. The Labute approximate surface area is 161 Å². The molecule has 0 saturated carbocycles. The number of rotatable bonds is 7. The SMILES string of the molecule is COCCN(c1ccccc1-c1ccc2cnc([S+](C)[O-])nn12)S(C)(=O)=O. The Morgan fingerprint density at radius 3 is 2.67 bits per heavy atom. The van der Waals surface area contributed by atoms with Crippen molar-refractivity contribution in [3.63, 3.8) is 0 Å². The van der Waals surface area contributed by atoms with E-state index in [2.05, 4.69) is 10.1 Å². The summed E-state index contributed by atoms with van der Waals surface area (Å²) >= 11 is -1.33. The standard InChI is InChI=1S/C17H20N4O4S2/c1-25-11-10-20(27(3,23)24)15-7-5-4-6-14(15)16-9-8-13-12-18-17(26(2)22)19-21(13)16/h4-9,12H,10-11H2,1-3H3. The maximum Gasteiger partial charge on any atom is 0.359 e. The number of para-hydroxylation sites is 1. The molecule has 0 bridgehead atoms. The van der Waals surface area contributed by atoms with Crippen molar-refractivity contribution >= 4 is 32.4 Å². The predicted octanol–water partition coefficient (Wildman–Crippen LogP) is 1.55. The van der Waals surface area contributed by atoms with Gasteiger partial charge in [-0.1, -0.05) is 23.3 Å². The zero-order valence-electron chi connectivity index (χ0n) is 15.2. The lowest BCUT2D eigenvalue weighted by molar-refractivity contribution is 0.208. The van der Waals surface area contributed by atoms with Crippen LogP contribution in [0, 0.1) is 0 Å². The summed E-state index contributed by atoms with van der Waals surface area (Å²) in [6.45, 7) is 0.451. The fraction of sp³-hybridized carbons (Fsp3) is 0.294. The molecule has 0 aliphatic carbocycles. The topological polar surface area (TPSA) is 99.9 Å². The molecular formula is C17H20N4O4S2. The summed E-state index contributed by atoms with van der Waals surface area (Å²) in [5.74, 6) is 0. The third-order valence-corrected chi connectivity index (χ3v) is 5.86. The Morgan fingerprint density at radius 1 is 1.26 bits per heavy atom. The minimum Gasteiger partial charge on any atom is -0.609 e. The van der Waals surface area contributed by atoms with Gasteiger partial charge in [0.05, 0.1) is 42.5 Å². The third-order valence-electron chi connectivity index (χ3n) is 3.98. The van der Waals surface area contributed by atoms with Crippen molar-refractivity contribution in [2.75, 3.05) is 37.1 Å². The molecule has 144 valence electrons. The first-order chi connectivity index (χ1) is 12.8. The van der Waals surface area contributed by atoms with E-state index < -0.39 is 21.2 Å². The van der Waals surface area contributed by atoms with E-state index in [1.807, 2.05) is 24.3 Å². The van der Waals surface area contributed by atoms with Crippen LogP contribution in [0.5, 0.6) is 0 Å². The first-order valence-electron chi connectivity index (χ1n) is 8.07. The van der Waals surface area contributed by atoms with Gasteiger partial charge < -0.3 is 9.29 Å². The zero-order chi connectivity index (χ0) is 19.6. The number of methoxy groups -OCH3 is 1. The van der Waals surface area contributed by atoms with Crippen molar-refractivity contribution < 1.29 is 17.7 Å². The molecule has 0 aliphatic heterocycles. The molecule has 3 aromatic rings. The van der Waals surface area contributed by atoms with Gasteiger partial charge in [-0.05, 0) is 18.2 Å². The Bertz CT molecular complexity index is 1050. The van der Waals surface area contributed by atoms with Crippen LogP contribution < -0.4 is 4.31 Å². The van der Waals surface area contributed by atoms with Gasteiger partial charge in [-0.25, -0.2) is 12.9 Å². The average molecular weight is 409 g/mol. The van der Waals surface area contributed by atoms with Crippen molar-refractivity contribution in [3.8, 4) is 11.3 Å². The van der Waals surface area contributed by atoms with Crippen LogP contribution in [0.15, 0.2) is 47.8 Å². The molecule has 1 atom stereocenters. The van der Waals surface area contributed by atoms with Crippen LogP contribution in [0.1, 0.15) is 0 Å². The number of anilines is 1. The van der Waals surface area contributed by atoms with E-state index in [0.717, 1.165) is 11.8 Å². The number of ether oxygens (including phenoxy) is 1. The maximum absolute atomic E-state index is 12.4. The van der Waals surface area contributed by atoms with E-state index in [-0.39, 0.29) is 18.3 Å². The summed E-state index contributed by atoms with van der Waals surface area (Å²) in [7, 11) is -1.99. The fourth-order valence-corrected chi connectivity index (χ4v) is 4.09. The van der Waals surface area contributed by atoms with Gasteiger partial charge in [-0.2, -0.15) is 4.98 Å². The summed E-state index contributed by atoms with van der Waals surface area (Å²) in [6, 6.07) is 10.8. The molecular weight excluding hydrogens is 388 g/mol. The number of nitrogens with zero attached hydrogens (tertiary/aromatic N) is 4. The number of sulfonamides is 1. The Hall–Kier alpha value is -2.14. The van der Waals surface area contributed by atoms with Gasteiger partial charge >= 0.3 is 5.16 Å². The van der Waals surface area contributed by atoms with Crippen molar-refractivity contribution in [1.82, 2.24) is 14.6 Å². The number of hydrogen-bond acceptors (Lipinski definition) is 6. The smallest absolute Gasteiger partial charge is 0.359 e. The Kier molecular flexibility index (Phi) is 5.70. The Morgan fingerprint density at radius 2 is 2.00 bits per heavy atom. The van der Waals surface area contributed by atoms with Crippen molar-refractivity contribution in [2.24, 2.45) is 0 Å². The van der Waals surface area contributed by atoms with Crippen molar-refractivity contribution in [1.29, 1.82) is 0 Å². The first kappa shape index (κ1) is 19.6. The predicted molar refractivity (Wildman–Crippen MR) is 105 cm³/mol. The molecule has 1 unspecified atom stereocenters. The molecule has 0 saturated heterocycles. The minimum absolute atomic E-state index is 0.189. The lowest BCUT2D eigenvalue weighted by atomic mass is 10.1. The van der Waals surface area contributed by atoms with Gasteiger partial charge in [0.15, 0.2) is 0 Å². The second-order valence-electron chi connectivity index (χ2n) is 5.90. The summed E-state index contributed by atoms with van der Waals surface area (Å²) in [5, 5.41) is 4.55. The van der Waals surface area contributed by atoms with Gasteiger partial charge in [0.25, 0.3) is 0 Å². The molecule has 0 radical (unpaired) electrons. The van der Waals surface area contributed by atoms with E-state index in [9.17, 15) is 13.0 Å². The molecule has 2 aromatic heterocycles. The largest absolute Gasteiger partial charge is 0.609 e. The second-order valence-corrected chi connectivity index (χ2v) is 9.08. The van der Waals surface area contributed by atoms with Gasteiger partial charge in [0, 0.05) is 23.8 Å². The minimum atomic E-state index is -3.52. The van der Waals surface area contributed by atoms with Crippen LogP contribution in [0.2, 0.25) is 0 Å². The number of fused-ring (bicyclic) bond motifs is 1. The van der Waals surface area contributed by atoms with E-state index in [1.54, 1.807) is 22.8 Å². The molecule has 0 aliphatic rings. The van der Waals surface area contributed by atoms with E-state index in [4.69, 9.17) is 4.74 Å². The maximum atomic E-state index is 12.4. The van der Waals surface area contributed by atoms with E-state index in [1.165, 1.54) is 17.7 Å². The zero-order valence-corrected chi connectivity index (χ0v) is 16.8. The summed E-state index contributed by atoms with van der Waals surface area (Å²) in [5.41, 5.74) is 2.61. The van der Waals surface area contributed by atoms with E-state index >= 15 is 0 Å². The number of benzene rings is 1. The summed E-state index contributed by atoms with van der Waals surface area (Å²) in [4.78, 5) is 4.10. The first-order valence-corrected chi connectivity index (χ1v) is 11.5. The van der Waals surface area contributed by atoms with Gasteiger partial charge in [0.1, 0.15) is 6.26 Å². The Balaban J connectivity index is 2.19. The van der Waals surface area contributed by atoms with Gasteiger partial charge in [-0.3, -0.25) is 4.31 Å². The van der Waals surface area contributed by atoms with Crippen molar-refractivity contribution in [2.45, 2.75) is 5.16 Å². The average Bonchev–Trinajstić information content (AvgIpc) is 3.04. The normalized spacial score (nSPS) is 13.0. The monoisotopic (exact) mass is 408 g/mol. The molecule has 0 amide bonds. The van der Waals surface area contributed by atoms with Gasteiger partial charge in [0.2, 0.25) is 10.0 Å². The number of hydrogen-bond donors (Lipinski definition) is 0. The van der Waals surface area contributed by atoms with Crippen LogP contribution >= 0.6 is 0 Å². The third kappa shape index (κ3) is 4.08. The molecule has 0 N–H and O–H groups in total.